The molecule has 0 aromatic carbocycles. The highest BCUT2D eigenvalue weighted by Gasteiger charge is 2.17. The molecule has 0 spiro atoms. The maximum Gasteiger partial charge on any atom is 0.317 e. The van der Waals surface area contributed by atoms with Crippen LogP contribution in [0.3, 0.4) is 0 Å². The van der Waals surface area contributed by atoms with Gasteiger partial charge in [0.1, 0.15) is 16.1 Å². The van der Waals surface area contributed by atoms with E-state index in [1.54, 1.807) is 13.8 Å². The molecule has 0 saturated carbocycles. The first kappa shape index (κ1) is 11.8. The van der Waals surface area contributed by atoms with Crippen molar-refractivity contribution in [3.8, 4) is 0 Å². The summed E-state index contributed by atoms with van der Waals surface area (Å²) in [6.45, 7) is 3.44. The first-order valence-corrected chi connectivity index (χ1v) is 5.38. The Bertz CT molecular complexity index is 416. The van der Waals surface area contributed by atoms with Crippen LogP contribution in [0.15, 0.2) is 15.9 Å². The number of hydrogen-bond acceptors (Lipinski definition) is 4. The van der Waals surface area contributed by atoms with E-state index in [9.17, 15) is 9.59 Å². The minimum atomic E-state index is -0.887. The normalized spacial score (nSPS) is 12.4. The van der Waals surface area contributed by atoms with Crippen LogP contribution in [-0.2, 0) is 4.79 Å². The molecule has 1 aromatic rings. The van der Waals surface area contributed by atoms with Gasteiger partial charge in [-0.15, -0.1) is 0 Å². The molecule has 0 amide bonds. The van der Waals surface area contributed by atoms with Crippen LogP contribution in [-0.4, -0.2) is 26.3 Å². The van der Waals surface area contributed by atoms with Crippen molar-refractivity contribution in [3.05, 3.63) is 22.2 Å². The van der Waals surface area contributed by atoms with E-state index in [1.807, 2.05) is 0 Å². The zero-order valence-electron chi connectivity index (χ0n) is 8.48. The Kier molecular flexibility index (Phi) is 3.90. The van der Waals surface area contributed by atoms with Crippen LogP contribution in [0.2, 0.25) is 0 Å². The zero-order valence-corrected chi connectivity index (χ0v) is 9.30. The molecule has 0 bridgehead atoms. The van der Waals surface area contributed by atoms with E-state index in [-0.39, 0.29) is 5.56 Å². The number of hydrogen-bond donors (Lipinski definition) is 2. The molecule has 1 heterocycles. The SMILES string of the molecule is CCC(Sc1cc(=O)[nH]c(C)n1)C(=O)O. The van der Waals surface area contributed by atoms with E-state index >= 15 is 0 Å². The largest absolute Gasteiger partial charge is 0.480 e. The lowest BCUT2D eigenvalue weighted by Gasteiger charge is -2.08. The maximum absolute atomic E-state index is 11.1. The first-order chi connectivity index (χ1) is 7.02. The van der Waals surface area contributed by atoms with Gasteiger partial charge in [0, 0.05) is 6.07 Å². The summed E-state index contributed by atoms with van der Waals surface area (Å²) in [7, 11) is 0. The average molecular weight is 228 g/mol. The van der Waals surface area contributed by atoms with Gasteiger partial charge in [0.25, 0.3) is 5.56 Å². The van der Waals surface area contributed by atoms with Crippen LogP contribution >= 0.6 is 11.8 Å². The highest BCUT2D eigenvalue weighted by atomic mass is 32.2. The number of aryl methyl sites for hydroxylation is 1. The van der Waals surface area contributed by atoms with E-state index in [1.165, 1.54) is 6.07 Å². The van der Waals surface area contributed by atoms with Crippen LogP contribution < -0.4 is 5.56 Å². The molecule has 0 aliphatic rings. The summed E-state index contributed by atoms with van der Waals surface area (Å²) in [6, 6.07) is 1.31. The van der Waals surface area contributed by atoms with Gasteiger partial charge in [0.15, 0.2) is 0 Å². The van der Waals surface area contributed by atoms with Crippen LogP contribution in [0.1, 0.15) is 19.2 Å². The standard InChI is InChI=1S/C9H12N2O3S/c1-3-6(9(13)14)15-8-4-7(12)10-5(2)11-8/h4,6H,3H2,1-2H3,(H,13,14)(H,10,11,12). The number of carboxylic acid groups (broad SMARTS) is 1. The first-order valence-electron chi connectivity index (χ1n) is 4.50. The van der Waals surface area contributed by atoms with Crippen molar-refractivity contribution in [1.29, 1.82) is 0 Å². The van der Waals surface area contributed by atoms with Crippen molar-refractivity contribution in [3.63, 3.8) is 0 Å². The molecule has 1 aromatic heterocycles. The van der Waals surface area contributed by atoms with E-state index in [2.05, 4.69) is 9.97 Å². The molecular formula is C9H12N2O3S. The van der Waals surface area contributed by atoms with Gasteiger partial charge >= 0.3 is 5.97 Å². The van der Waals surface area contributed by atoms with Gasteiger partial charge in [-0.25, -0.2) is 4.98 Å². The fourth-order valence-electron chi connectivity index (χ4n) is 1.07. The van der Waals surface area contributed by atoms with Crippen molar-refractivity contribution in [2.24, 2.45) is 0 Å². The number of H-pyrrole nitrogens is 1. The fourth-order valence-corrected chi connectivity index (χ4v) is 1.99. The Morgan fingerprint density at radius 1 is 1.73 bits per heavy atom. The monoisotopic (exact) mass is 228 g/mol. The average Bonchev–Trinajstić information content (AvgIpc) is 2.12. The Balaban J connectivity index is 2.88. The molecule has 1 unspecified atom stereocenters. The number of thioether (sulfide) groups is 1. The number of nitrogens with zero attached hydrogens (tertiary/aromatic N) is 1. The van der Waals surface area contributed by atoms with Gasteiger partial charge in [-0.1, -0.05) is 18.7 Å². The molecule has 6 heteroatoms. The number of nitrogens with one attached hydrogen (secondary N) is 1. The Morgan fingerprint density at radius 3 is 2.87 bits per heavy atom. The highest BCUT2D eigenvalue weighted by molar-refractivity contribution is 8.00. The third-order valence-electron chi connectivity index (χ3n) is 1.75. The summed E-state index contributed by atoms with van der Waals surface area (Å²) >= 11 is 1.09. The Labute approximate surface area is 90.9 Å². The fraction of sp³-hybridized carbons (Fsp3) is 0.444. The van der Waals surface area contributed by atoms with E-state index < -0.39 is 11.2 Å². The molecule has 2 N–H and O–H groups in total. The van der Waals surface area contributed by atoms with Crippen molar-refractivity contribution >= 4 is 17.7 Å². The van der Waals surface area contributed by atoms with Crippen LogP contribution in [0.25, 0.3) is 0 Å². The second-order valence-corrected chi connectivity index (χ2v) is 4.25. The third-order valence-corrected chi connectivity index (χ3v) is 3.02. The van der Waals surface area contributed by atoms with Gasteiger partial charge in [0.2, 0.25) is 0 Å². The van der Waals surface area contributed by atoms with Crippen molar-refractivity contribution < 1.29 is 9.90 Å². The smallest absolute Gasteiger partial charge is 0.317 e. The van der Waals surface area contributed by atoms with Crippen LogP contribution in [0.5, 0.6) is 0 Å². The molecule has 0 radical (unpaired) electrons. The van der Waals surface area contributed by atoms with Crippen molar-refractivity contribution in [2.45, 2.75) is 30.5 Å². The lowest BCUT2D eigenvalue weighted by atomic mass is 10.3. The molecular weight excluding hydrogens is 216 g/mol. The molecule has 0 saturated heterocycles. The third kappa shape index (κ3) is 3.39. The summed E-state index contributed by atoms with van der Waals surface area (Å²) in [5, 5.41) is 8.73. The zero-order chi connectivity index (χ0) is 11.4. The van der Waals surface area contributed by atoms with Gasteiger partial charge in [-0.2, -0.15) is 0 Å². The lowest BCUT2D eigenvalue weighted by molar-refractivity contribution is -0.136. The van der Waals surface area contributed by atoms with Crippen LogP contribution in [0.4, 0.5) is 0 Å². The molecule has 0 aliphatic heterocycles. The second kappa shape index (κ2) is 4.97. The maximum atomic E-state index is 11.1. The minimum absolute atomic E-state index is 0.259. The van der Waals surface area contributed by atoms with Gasteiger partial charge < -0.3 is 10.1 Å². The van der Waals surface area contributed by atoms with E-state index in [0.717, 1.165) is 11.8 Å². The van der Waals surface area contributed by atoms with Gasteiger partial charge in [0.05, 0.1) is 0 Å². The van der Waals surface area contributed by atoms with E-state index in [0.29, 0.717) is 17.3 Å². The predicted molar refractivity (Wildman–Crippen MR) is 57.2 cm³/mol. The Hall–Kier alpha value is -1.30. The van der Waals surface area contributed by atoms with Gasteiger partial charge in [-0.3, -0.25) is 9.59 Å². The molecule has 5 nitrogen and oxygen atoms in total. The summed E-state index contributed by atoms with van der Waals surface area (Å²) in [6.07, 6.45) is 0.494. The molecule has 0 aliphatic carbocycles. The molecule has 1 atom stereocenters. The predicted octanol–water partition coefficient (Wildman–Crippen LogP) is 1.03. The van der Waals surface area contributed by atoms with E-state index in [4.69, 9.17) is 5.11 Å². The summed E-state index contributed by atoms with van der Waals surface area (Å²) < 4.78 is 0. The number of carbonyl (C=O) groups is 1. The number of rotatable bonds is 4. The Morgan fingerprint density at radius 2 is 2.40 bits per heavy atom. The quantitative estimate of drug-likeness (QED) is 0.594. The summed E-state index contributed by atoms with van der Waals surface area (Å²) in [5.74, 6) is -0.396. The summed E-state index contributed by atoms with van der Waals surface area (Å²) in [4.78, 5) is 28.4. The van der Waals surface area contributed by atoms with Gasteiger partial charge in [-0.05, 0) is 13.3 Å². The van der Waals surface area contributed by atoms with Crippen molar-refractivity contribution in [2.75, 3.05) is 0 Å². The molecule has 1 rings (SSSR count). The van der Waals surface area contributed by atoms with Crippen molar-refractivity contribution in [1.82, 2.24) is 9.97 Å². The number of aliphatic carboxylic acids is 1. The van der Waals surface area contributed by atoms with Crippen LogP contribution in [0, 0.1) is 6.92 Å². The topological polar surface area (TPSA) is 83.0 Å². The lowest BCUT2D eigenvalue weighted by Crippen LogP contribution is -2.16. The highest BCUT2D eigenvalue weighted by Crippen LogP contribution is 2.22. The summed E-state index contributed by atoms with van der Waals surface area (Å²) in [5.41, 5.74) is -0.259. The molecule has 15 heavy (non-hydrogen) atoms. The molecule has 82 valence electrons. The number of aromatic amines is 1. The minimum Gasteiger partial charge on any atom is -0.480 e. The number of aromatic nitrogens is 2. The molecule has 0 fully saturated rings. The second-order valence-electron chi connectivity index (χ2n) is 3.02. The number of carboxylic acids is 1.